The third-order valence-corrected chi connectivity index (χ3v) is 2.69. The van der Waals surface area contributed by atoms with E-state index in [1.54, 1.807) is 4.91 Å². The Hall–Kier alpha value is 0.0500. The molecular formula is C7H13NS. The van der Waals surface area contributed by atoms with Crippen LogP contribution in [-0.4, -0.2) is 19.3 Å². The molecule has 0 aromatic heterocycles. The van der Waals surface area contributed by atoms with Gasteiger partial charge >= 0.3 is 0 Å². The van der Waals surface area contributed by atoms with E-state index in [0.29, 0.717) is 0 Å². The van der Waals surface area contributed by atoms with Gasteiger partial charge in [-0.2, -0.15) is 0 Å². The van der Waals surface area contributed by atoms with Crippen LogP contribution in [0.5, 0.6) is 0 Å². The minimum atomic E-state index is 1.09. The molecular weight excluding hydrogens is 130 g/mol. The maximum Gasteiger partial charge on any atom is 0.0172 e. The molecule has 0 unspecified atom stereocenters. The van der Waals surface area contributed by atoms with E-state index < -0.39 is 0 Å². The average molecular weight is 143 g/mol. The van der Waals surface area contributed by atoms with Crippen molar-refractivity contribution in [1.82, 2.24) is 5.32 Å². The zero-order valence-corrected chi connectivity index (χ0v) is 6.85. The van der Waals surface area contributed by atoms with Gasteiger partial charge in [0.25, 0.3) is 0 Å². The van der Waals surface area contributed by atoms with Gasteiger partial charge in [-0.1, -0.05) is 0 Å². The molecule has 0 saturated carbocycles. The van der Waals surface area contributed by atoms with Crippen LogP contribution in [-0.2, 0) is 0 Å². The van der Waals surface area contributed by atoms with E-state index in [1.807, 2.05) is 11.8 Å². The van der Waals surface area contributed by atoms with E-state index in [9.17, 15) is 0 Å². The van der Waals surface area contributed by atoms with E-state index in [2.05, 4.69) is 18.5 Å². The summed E-state index contributed by atoms with van der Waals surface area (Å²) in [5.74, 6) is 0. The van der Waals surface area contributed by atoms with Gasteiger partial charge in [0.15, 0.2) is 0 Å². The maximum absolute atomic E-state index is 3.33. The van der Waals surface area contributed by atoms with E-state index in [1.165, 1.54) is 12.0 Å². The Balaban J connectivity index is 2.59. The van der Waals surface area contributed by atoms with Crippen LogP contribution in [0.2, 0.25) is 0 Å². The highest BCUT2D eigenvalue weighted by atomic mass is 32.2. The third kappa shape index (κ3) is 1.73. The first kappa shape index (κ1) is 7.16. The van der Waals surface area contributed by atoms with Crippen LogP contribution in [0, 0.1) is 0 Å². The molecule has 0 spiro atoms. The van der Waals surface area contributed by atoms with Crippen LogP contribution in [0.1, 0.15) is 13.3 Å². The van der Waals surface area contributed by atoms with Crippen molar-refractivity contribution in [3.8, 4) is 0 Å². The SMILES string of the molecule is CSC1=C(C)CNCC1. The molecule has 1 aliphatic rings. The molecule has 0 saturated heterocycles. The monoisotopic (exact) mass is 143 g/mol. The van der Waals surface area contributed by atoms with Gasteiger partial charge in [-0.25, -0.2) is 0 Å². The minimum Gasteiger partial charge on any atom is -0.313 e. The summed E-state index contributed by atoms with van der Waals surface area (Å²) >= 11 is 1.89. The lowest BCUT2D eigenvalue weighted by Gasteiger charge is -2.16. The number of hydrogen-bond acceptors (Lipinski definition) is 2. The number of hydrogen-bond donors (Lipinski definition) is 1. The highest BCUT2D eigenvalue weighted by Gasteiger charge is 2.05. The van der Waals surface area contributed by atoms with Crippen molar-refractivity contribution >= 4 is 11.8 Å². The summed E-state index contributed by atoms with van der Waals surface area (Å²) in [6.45, 7) is 4.46. The molecule has 0 fully saturated rings. The van der Waals surface area contributed by atoms with Crippen molar-refractivity contribution in [3.63, 3.8) is 0 Å². The van der Waals surface area contributed by atoms with Gasteiger partial charge in [-0.3, -0.25) is 0 Å². The molecule has 9 heavy (non-hydrogen) atoms. The second-order valence-electron chi connectivity index (χ2n) is 2.33. The minimum absolute atomic E-state index is 1.09. The van der Waals surface area contributed by atoms with Crippen molar-refractivity contribution < 1.29 is 0 Å². The van der Waals surface area contributed by atoms with E-state index >= 15 is 0 Å². The molecule has 0 bridgehead atoms. The number of nitrogens with one attached hydrogen (secondary N) is 1. The highest BCUT2D eigenvalue weighted by Crippen LogP contribution is 2.21. The molecule has 0 aliphatic carbocycles. The van der Waals surface area contributed by atoms with E-state index in [-0.39, 0.29) is 0 Å². The Morgan fingerprint density at radius 3 is 2.78 bits per heavy atom. The smallest absolute Gasteiger partial charge is 0.0172 e. The van der Waals surface area contributed by atoms with Gasteiger partial charge in [0.1, 0.15) is 0 Å². The fraction of sp³-hybridized carbons (Fsp3) is 0.714. The Morgan fingerprint density at radius 2 is 2.33 bits per heavy atom. The quantitative estimate of drug-likeness (QED) is 0.598. The molecule has 0 aromatic rings. The summed E-state index contributed by atoms with van der Waals surface area (Å²) in [6, 6.07) is 0. The lowest BCUT2D eigenvalue weighted by atomic mass is 10.2. The Bertz CT molecular complexity index is 129. The molecule has 2 heteroatoms. The van der Waals surface area contributed by atoms with Crippen molar-refractivity contribution in [2.75, 3.05) is 19.3 Å². The molecule has 1 heterocycles. The number of rotatable bonds is 1. The van der Waals surface area contributed by atoms with E-state index in [4.69, 9.17) is 0 Å². The van der Waals surface area contributed by atoms with Gasteiger partial charge in [-0.05, 0) is 36.6 Å². The first-order valence-corrected chi connectivity index (χ1v) is 4.50. The predicted molar refractivity (Wildman–Crippen MR) is 43.7 cm³/mol. The van der Waals surface area contributed by atoms with E-state index in [0.717, 1.165) is 13.1 Å². The largest absolute Gasteiger partial charge is 0.313 e. The summed E-state index contributed by atoms with van der Waals surface area (Å²) in [4.78, 5) is 1.58. The second-order valence-corrected chi connectivity index (χ2v) is 3.24. The Labute approximate surface area is 60.9 Å². The molecule has 52 valence electrons. The van der Waals surface area contributed by atoms with Crippen LogP contribution in [0.3, 0.4) is 0 Å². The molecule has 0 aromatic carbocycles. The fourth-order valence-corrected chi connectivity index (χ4v) is 1.79. The van der Waals surface area contributed by atoms with Crippen LogP contribution < -0.4 is 5.32 Å². The molecule has 1 aliphatic heterocycles. The zero-order valence-electron chi connectivity index (χ0n) is 6.03. The van der Waals surface area contributed by atoms with Crippen LogP contribution in [0.15, 0.2) is 10.5 Å². The molecule has 0 amide bonds. The van der Waals surface area contributed by atoms with Gasteiger partial charge in [0.05, 0.1) is 0 Å². The predicted octanol–water partition coefficient (Wildman–Crippen LogP) is 1.62. The van der Waals surface area contributed by atoms with Gasteiger partial charge < -0.3 is 5.32 Å². The number of thioether (sulfide) groups is 1. The van der Waals surface area contributed by atoms with Crippen molar-refractivity contribution in [2.24, 2.45) is 0 Å². The molecule has 1 N–H and O–H groups in total. The van der Waals surface area contributed by atoms with Crippen LogP contribution in [0.25, 0.3) is 0 Å². The molecule has 0 atom stereocenters. The summed E-state index contributed by atoms with van der Waals surface area (Å²) in [7, 11) is 0. The van der Waals surface area contributed by atoms with Crippen LogP contribution in [0.4, 0.5) is 0 Å². The Kier molecular flexibility index (Phi) is 2.61. The average Bonchev–Trinajstić information content (AvgIpc) is 1.89. The first-order chi connectivity index (χ1) is 4.34. The molecule has 0 radical (unpaired) electrons. The summed E-state index contributed by atoms with van der Waals surface area (Å²) in [6.07, 6.45) is 3.39. The lowest BCUT2D eigenvalue weighted by Crippen LogP contribution is -2.23. The Morgan fingerprint density at radius 1 is 1.56 bits per heavy atom. The summed E-state index contributed by atoms with van der Waals surface area (Å²) < 4.78 is 0. The third-order valence-electron chi connectivity index (χ3n) is 1.64. The molecule has 1 rings (SSSR count). The van der Waals surface area contributed by atoms with Crippen molar-refractivity contribution in [3.05, 3.63) is 10.5 Å². The van der Waals surface area contributed by atoms with Gasteiger partial charge in [-0.15, -0.1) is 11.8 Å². The van der Waals surface area contributed by atoms with Gasteiger partial charge in [0.2, 0.25) is 0 Å². The standard InChI is InChI=1S/C7H13NS/c1-6-5-8-4-3-7(6)9-2/h8H,3-5H2,1-2H3. The van der Waals surface area contributed by atoms with Gasteiger partial charge in [0, 0.05) is 6.54 Å². The topological polar surface area (TPSA) is 12.0 Å². The van der Waals surface area contributed by atoms with Crippen LogP contribution >= 0.6 is 11.8 Å². The van der Waals surface area contributed by atoms with Crippen molar-refractivity contribution in [2.45, 2.75) is 13.3 Å². The fourth-order valence-electron chi connectivity index (χ4n) is 1.07. The zero-order chi connectivity index (χ0) is 6.69. The lowest BCUT2D eigenvalue weighted by molar-refractivity contribution is 0.696. The highest BCUT2D eigenvalue weighted by molar-refractivity contribution is 8.02. The summed E-state index contributed by atoms with van der Waals surface area (Å²) in [5.41, 5.74) is 1.52. The maximum atomic E-state index is 3.33. The van der Waals surface area contributed by atoms with Crippen molar-refractivity contribution in [1.29, 1.82) is 0 Å². The summed E-state index contributed by atoms with van der Waals surface area (Å²) in [5, 5.41) is 3.33. The second kappa shape index (κ2) is 3.28. The first-order valence-electron chi connectivity index (χ1n) is 3.28. The molecule has 1 nitrogen and oxygen atoms in total. The normalized spacial score (nSPS) is 20.7.